The maximum Gasteiger partial charge on any atom is 0.125 e. The fourth-order valence-corrected chi connectivity index (χ4v) is 4.36. The molecule has 0 N–H and O–H groups in total. The van der Waals surface area contributed by atoms with E-state index in [2.05, 4.69) is 49.8 Å². The van der Waals surface area contributed by atoms with Gasteiger partial charge in [-0.15, -0.1) is 0 Å². The molecule has 5 aromatic heterocycles. The lowest BCUT2D eigenvalue weighted by Gasteiger charge is -2.02. The van der Waals surface area contributed by atoms with Crippen molar-refractivity contribution in [2.45, 2.75) is 138 Å². The first kappa shape index (κ1) is 43.4. The van der Waals surface area contributed by atoms with Gasteiger partial charge in [0.1, 0.15) is 11.6 Å². The number of aryl methyl sites for hydroxylation is 18. The van der Waals surface area contributed by atoms with E-state index < -0.39 is 0 Å². The first-order chi connectivity index (χ1) is 23.0. The van der Waals surface area contributed by atoms with E-state index >= 15 is 0 Å². The average molecular weight is 681 g/mol. The molecule has 10 heteroatoms. The zero-order valence-corrected chi connectivity index (χ0v) is 34.5. The van der Waals surface area contributed by atoms with Crippen molar-refractivity contribution in [2.75, 3.05) is 0 Å². The summed E-state index contributed by atoms with van der Waals surface area (Å²) in [6, 6.07) is 0. The maximum absolute atomic E-state index is 4.31. The lowest BCUT2D eigenvalue weighted by molar-refractivity contribution is 0.948. The van der Waals surface area contributed by atoms with Gasteiger partial charge < -0.3 is 0 Å². The predicted octanol–water partition coefficient (Wildman–Crippen LogP) is 8.55. The van der Waals surface area contributed by atoms with E-state index in [-0.39, 0.29) is 0 Å². The zero-order chi connectivity index (χ0) is 38.6. The largest absolute Gasteiger partial charge is 0.255 e. The number of hydrogen-bond donors (Lipinski definition) is 0. The Morgan fingerprint density at radius 3 is 0.400 bits per heavy atom. The molecule has 0 saturated carbocycles. The predicted molar refractivity (Wildman–Crippen MR) is 205 cm³/mol. The summed E-state index contributed by atoms with van der Waals surface area (Å²) in [6.45, 7) is 39.7. The first-order valence-corrected chi connectivity index (χ1v) is 17.0. The van der Waals surface area contributed by atoms with Gasteiger partial charge in [-0.05, 0) is 150 Å². The van der Waals surface area contributed by atoms with Crippen LogP contribution in [0.4, 0.5) is 0 Å². The molecule has 0 unspecified atom stereocenters. The first-order valence-electron chi connectivity index (χ1n) is 17.0. The Bertz CT molecular complexity index is 1530. The van der Waals surface area contributed by atoms with Crippen molar-refractivity contribution < 1.29 is 0 Å². The molecule has 50 heavy (non-hydrogen) atoms. The zero-order valence-electron chi connectivity index (χ0n) is 34.5. The van der Waals surface area contributed by atoms with Gasteiger partial charge in [-0.25, -0.2) is 19.9 Å². The van der Waals surface area contributed by atoms with Gasteiger partial charge in [0.05, 0.1) is 68.3 Å². The van der Waals surface area contributed by atoms with Crippen LogP contribution < -0.4 is 0 Å². The summed E-state index contributed by atoms with van der Waals surface area (Å²) in [6.07, 6.45) is 0. The molecule has 0 fully saturated rings. The highest BCUT2D eigenvalue weighted by Gasteiger charge is 2.02. The van der Waals surface area contributed by atoms with E-state index in [1.165, 1.54) is 11.1 Å². The molecule has 0 saturated heterocycles. The Labute approximate surface area is 301 Å². The molecule has 0 aliphatic rings. The van der Waals surface area contributed by atoms with Crippen LogP contribution in [0.2, 0.25) is 0 Å². The maximum atomic E-state index is 4.31. The number of aromatic nitrogens is 10. The van der Waals surface area contributed by atoms with Gasteiger partial charge >= 0.3 is 0 Å². The molecule has 10 nitrogen and oxygen atoms in total. The summed E-state index contributed by atoms with van der Waals surface area (Å²) in [5.74, 6) is 1.72. The van der Waals surface area contributed by atoms with Crippen molar-refractivity contribution >= 4 is 0 Å². The molecule has 0 spiro atoms. The Kier molecular flexibility index (Phi) is 17.0. The lowest BCUT2D eigenvalue weighted by Crippen LogP contribution is -1.97. The second-order valence-electron chi connectivity index (χ2n) is 12.8. The minimum absolute atomic E-state index is 0.862. The quantitative estimate of drug-likeness (QED) is 0.157. The summed E-state index contributed by atoms with van der Waals surface area (Å²) in [5, 5.41) is 0. The van der Waals surface area contributed by atoms with E-state index in [0.717, 1.165) is 103 Å². The molecule has 0 atom stereocenters. The van der Waals surface area contributed by atoms with Gasteiger partial charge in [0.25, 0.3) is 0 Å². The molecule has 0 aliphatic carbocycles. The van der Waals surface area contributed by atoms with Gasteiger partial charge in [-0.1, -0.05) is 0 Å². The van der Waals surface area contributed by atoms with E-state index in [0.29, 0.717) is 0 Å². The van der Waals surface area contributed by atoms with Crippen molar-refractivity contribution in [2.24, 2.45) is 0 Å². The second-order valence-corrected chi connectivity index (χ2v) is 12.8. The number of rotatable bonds is 0. The minimum Gasteiger partial charge on any atom is -0.255 e. The Morgan fingerprint density at radius 2 is 0.280 bits per heavy atom. The summed E-state index contributed by atoms with van der Waals surface area (Å²) in [7, 11) is 0. The molecule has 270 valence electrons. The highest BCUT2D eigenvalue weighted by Crippen LogP contribution is 2.09. The van der Waals surface area contributed by atoms with Crippen LogP contribution in [0.5, 0.6) is 0 Å². The highest BCUT2D eigenvalue weighted by atomic mass is 14.9. The van der Waals surface area contributed by atoms with Gasteiger partial charge in [-0.2, -0.15) is 0 Å². The topological polar surface area (TPSA) is 129 Å². The Balaban J connectivity index is 0.000000312. The fraction of sp³-hybridized carbons (Fsp3) is 0.500. The Morgan fingerprint density at radius 1 is 0.160 bits per heavy atom. The number of nitrogens with zero attached hydrogens (tertiary/aromatic N) is 10. The van der Waals surface area contributed by atoms with Gasteiger partial charge in [0.2, 0.25) is 0 Å². The molecule has 5 heterocycles. The smallest absolute Gasteiger partial charge is 0.125 e. The van der Waals surface area contributed by atoms with Crippen LogP contribution in [0.3, 0.4) is 0 Å². The second kappa shape index (κ2) is 19.6. The molecular weight excluding hydrogens is 621 g/mol. The standard InChI is InChI=1S/5C8H12N2/c3*1-5-6(2)10-8(4)7(3)9-5;2*1-5-6(2)9-8(4)10-7(5)3/h5*1-4H3. The molecule has 0 amide bonds. The van der Waals surface area contributed by atoms with Crippen LogP contribution in [0, 0.1) is 138 Å². The SMILES string of the molecule is Cc1nc(C)c(C)c(C)n1.Cc1nc(C)c(C)c(C)n1.Cc1nc(C)c(C)nc1C.Cc1nc(C)c(C)nc1C.Cc1nc(C)c(C)nc1C. The normalized spacial score (nSPS) is 10.0. The van der Waals surface area contributed by atoms with Gasteiger partial charge in [-0.3, -0.25) is 29.9 Å². The van der Waals surface area contributed by atoms with E-state index in [9.17, 15) is 0 Å². The molecule has 5 rings (SSSR count). The van der Waals surface area contributed by atoms with Gasteiger partial charge in [0.15, 0.2) is 0 Å². The van der Waals surface area contributed by atoms with E-state index in [1.807, 2.05) is 138 Å². The molecule has 0 aromatic carbocycles. The third kappa shape index (κ3) is 13.7. The van der Waals surface area contributed by atoms with Gasteiger partial charge in [0, 0.05) is 22.8 Å². The van der Waals surface area contributed by atoms with E-state index in [4.69, 9.17) is 0 Å². The van der Waals surface area contributed by atoms with Crippen LogP contribution >= 0.6 is 0 Å². The molecule has 5 aromatic rings. The van der Waals surface area contributed by atoms with Crippen LogP contribution in [-0.4, -0.2) is 49.8 Å². The minimum atomic E-state index is 0.862. The fourth-order valence-electron chi connectivity index (χ4n) is 4.36. The van der Waals surface area contributed by atoms with Crippen LogP contribution in [0.15, 0.2) is 0 Å². The summed E-state index contributed by atoms with van der Waals surface area (Å²) in [4.78, 5) is 42.8. The van der Waals surface area contributed by atoms with Crippen LogP contribution in [0.25, 0.3) is 0 Å². The average Bonchev–Trinajstić information content (AvgIpc) is 3.01. The monoisotopic (exact) mass is 681 g/mol. The highest BCUT2D eigenvalue weighted by molar-refractivity contribution is 5.23. The molecular formula is C40H60N10. The molecule has 0 radical (unpaired) electrons. The summed E-state index contributed by atoms with van der Waals surface area (Å²) < 4.78 is 0. The third-order valence-corrected chi connectivity index (χ3v) is 8.64. The van der Waals surface area contributed by atoms with Crippen molar-refractivity contribution in [1.82, 2.24) is 49.8 Å². The molecule has 0 bridgehead atoms. The molecule has 0 aliphatic heterocycles. The lowest BCUT2D eigenvalue weighted by atomic mass is 10.2. The van der Waals surface area contributed by atoms with E-state index in [1.54, 1.807) is 0 Å². The van der Waals surface area contributed by atoms with Crippen molar-refractivity contribution in [3.63, 3.8) is 0 Å². The third-order valence-electron chi connectivity index (χ3n) is 8.64. The van der Waals surface area contributed by atoms with Crippen molar-refractivity contribution in [3.05, 3.63) is 114 Å². The van der Waals surface area contributed by atoms with Crippen LogP contribution in [-0.2, 0) is 0 Å². The van der Waals surface area contributed by atoms with Crippen molar-refractivity contribution in [3.8, 4) is 0 Å². The van der Waals surface area contributed by atoms with Crippen molar-refractivity contribution in [1.29, 1.82) is 0 Å². The summed E-state index contributed by atoms with van der Waals surface area (Å²) >= 11 is 0. The summed E-state index contributed by atoms with van der Waals surface area (Å²) in [5.41, 5.74) is 19.1. The van der Waals surface area contributed by atoms with Crippen LogP contribution in [0.1, 0.15) is 114 Å². The Hall–Kier alpha value is -4.60. The number of hydrogen-bond acceptors (Lipinski definition) is 10.